The molecule has 94 valence electrons. The Morgan fingerprint density at radius 1 is 1.78 bits per heavy atom. The summed E-state index contributed by atoms with van der Waals surface area (Å²) in [6.07, 6.45) is 7.07. The van der Waals surface area contributed by atoms with E-state index in [9.17, 15) is 9.59 Å². The van der Waals surface area contributed by atoms with Crippen molar-refractivity contribution in [3.63, 3.8) is 0 Å². The SMILES string of the molecule is C#CC1CC(=O)N(c2ncc(C(=O)OCC)s2)C1. The minimum absolute atomic E-state index is 0.0530. The number of anilines is 1. The molecule has 0 saturated carbocycles. The Labute approximate surface area is 109 Å². The van der Waals surface area contributed by atoms with Crippen LogP contribution in [0.3, 0.4) is 0 Å². The molecule has 0 N–H and O–H groups in total. The molecule has 18 heavy (non-hydrogen) atoms. The highest BCUT2D eigenvalue weighted by atomic mass is 32.1. The first-order valence-corrected chi connectivity index (χ1v) is 6.36. The second-order valence-corrected chi connectivity index (χ2v) is 4.81. The third-order valence-corrected chi connectivity index (χ3v) is 3.56. The molecule has 0 aromatic carbocycles. The van der Waals surface area contributed by atoms with Gasteiger partial charge in [0.25, 0.3) is 0 Å². The van der Waals surface area contributed by atoms with Crippen molar-refractivity contribution in [2.24, 2.45) is 5.92 Å². The van der Waals surface area contributed by atoms with Crippen LogP contribution in [0.25, 0.3) is 0 Å². The van der Waals surface area contributed by atoms with Crippen molar-refractivity contribution in [3.8, 4) is 12.3 Å². The van der Waals surface area contributed by atoms with Crippen molar-refractivity contribution in [2.45, 2.75) is 13.3 Å². The Morgan fingerprint density at radius 2 is 2.56 bits per heavy atom. The molecule has 1 fully saturated rings. The average molecular weight is 264 g/mol. The molecule has 1 aliphatic rings. The lowest BCUT2D eigenvalue weighted by atomic mass is 10.1. The van der Waals surface area contributed by atoms with Crippen LogP contribution in [0.5, 0.6) is 0 Å². The Balaban J connectivity index is 2.14. The predicted octanol–water partition coefficient (Wildman–Crippen LogP) is 1.31. The number of esters is 1. The molecule has 6 heteroatoms. The van der Waals surface area contributed by atoms with E-state index in [2.05, 4.69) is 10.9 Å². The lowest BCUT2D eigenvalue weighted by Gasteiger charge is -2.10. The van der Waals surface area contributed by atoms with Gasteiger partial charge in [-0.15, -0.1) is 12.3 Å². The fourth-order valence-corrected chi connectivity index (χ4v) is 2.53. The zero-order valence-electron chi connectivity index (χ0n) is 9.88. The highest BCUT2D eigenvalue weighted by Crippen LogP contribution is 2.29. The standard InChI is InChI=1S/C12H12N2O3S/c1-3-8-5-10(15)14(7-8)12-13-6-9(18-12)11(16)17-4-2/h1,6,8H,4-5,7H2,2H3. The molecule has 0 radical (unpaired) electrons. The van der Waals surface area contributed by atoms with E-state index in [1.54, 1.807) is 6.92 Å². The Morgan fingerprint density at radius 3 is 3.17 bits per heavy atom. The highest BCUT2D eigenvalue weighted by molar-refractivity contribution is 7.17. The maximum absolute atomic E-state index is 11.7. The number of hydrogen-bond donors (Lipinski definition) is 0. The smallest absolute Gasteiger partial charge is 0.350 e. The fourth-order valence-electron chi connectivity index (χ4n) is 1.69. The van der Waals surface area contributed by atoms with Gasteiger partial charge in [-0.25, -0.2) is 9.78 Å². The number of ether oxygens (including phenoxy) is 1. The number of thiazole rings is 1. The van der Waals surface area contributed by atoms with Gasteiger partial charge in [0.15, 0.2) is 5.13 Å². The zero-order chi connectivity index (χ0) is 13.1. The molecule has 1 saturated heterocycles. The maximum Gasteiger partial charge on any atom is 0.350 e. The van der Waals surface area contributed by atoms with Crippen LogP contribution in [-0.4, -0.2) is 30.0 Å². The summed E-state index contributed by atoms with van der Waals surface area (Å²) in [4.78, 5) is 29.2. The van der Waals surface area contributed by atoms with E-state index in [0.29, 0.717) is 29.6 Å². The van der Waals surface area contributed by atoms with E-state index in [0.717, 1.165) is 11.3 Å². The van der Waals surface area contributed by atoms with E-state index in [4.69, 9.17) is 11.2 Å². The number of nitrogens with zero attached hydrogens (tertiary/aromatic N) is 2. The molecule has 1 aromatic heterocycles. The summed E-state index contributed by atoms with van der Waals surface area (Å²) in [5.74, 6) is 2.02. The van der Waals surface area contributed by atoms with Gasteiger partial charge in [0, 0.05) is 18.9 Å². The van der Waals surface area contributed by atoms with Gasteiger partial charge in [0.2, 0.25) is 5.91 Å². The van der Waals surface area contributed by atoms with Crippen molar-refractivity contribution >= 4 is 28.3 Å². The zero-order valence-corrected chi connectivity index (χ0v) is 10.7. The third-order valence-electron chi connectivity index (χ3n) is 2.56. The van der Waals surface area contributed by atoms with Gasteiger partial charge in [-0.1, -0.05) is 11.3 Å². The first kappa shape index (κ1) is 12.6. The summed E-state index contributed by atoms with van der Waals surface area (Å²) >= 11 is 1.15. The number of hydrogen-bond acceptors (Lipinski definition) is 5. The Kier molecular flexibility index (Phi) is 3.63. The number of amides is 1. The van der Waals surface area contributed by atoms with Crippen LogP contribution in [0.2, 0.25) is 0 Å². The summed E-state index contributed by atoms with van der Waals surface area (Å²) in [7, 11) is 0. The largest absolute Gasteiger partial charge is 0.462 e. The lowest BCUT2D eigenvalue weighted by molar-refractivity contribution is -0.117. The molecule has 1 aliphatic heterocycles. The maximum atomic E-state index is 11.7. The van der Waals surface area contributed by atoms with Crippen LogP contribution in [-0.2, 0) is 9.53 Å². The van der Waals surface area contributed by atoms with E-state index in [1.807, 2.05) is 0 Å². The van der Waals surface area contributed by atoms with Gasteiger partial charge in [-0.3, -0.25) is 9.69 Å². The van der Waals surface area contributed by atoms with Crippen molar-refractivity contribution in [2.75, 3.05) is 18.1 Å². The second-order valence-electron chi connectivity index (χ2n) is 3.80. The van der Waals surface area contributed by atoms with Gasteiger partial charge in [-0.05, 0) is 6.92 Å². The molecule has 1 aromatic rings. The predicted molar refractivity (Wildman–Crippen MR) is 67.4 cm³/mol. The summed E-state index contributed by atoms with van der Waals surface area (Å²) in [6.45, 7) is 2.51. The topological polar surface area (TPSA) is 59.5 Å². The van der Waals surface area contributed by atoms with E-state index >= 15 is 0 Å². The number of carbonyl (C=O) groups excluding carboxylic acids is 2. The van der Waals surface area contributed by atoms with Crippen LogP contribution in [0.1, 0.15) is 23.0 Å². The van der Waals surface area contributed by atoms with Crippen molar-refractivity contribution < 1.29 is 14.3 Å². The molecule has 0 aliphatic carbocycles. The van der Waals surface area contributed by atoms with Gasteiger partial charge in [0.05, 0.1) is 12.8 Å². The molecule has 0 spiro atoms. The molecular weight excluding hydrogens is 252 g/mol. The molecule has 1 unspecified atom stereocenters. The van der Waals surface area contributed by atoms with Crippen LogP contribution in [0, 0.1) is 18.3 Å². The lowest BCUT2D eigenvalue weighted by Crippen LogP contribution is -2.24. The summed E-state index contributed by atoms with van der Waals surface area (Å²) in [5, 5.41) is 0.501. The monoisotopic (exact) mass is 264 g/mol. The normalized spacial score (nSPS) is 18.8. The molecule has 1 amide bonds. The van der Waals surface area contributed by atoms with Gasteiger partial charge in [-0.2, -0.15) is 0 Å². The number of carbonyl (C=O) groups is 2. The van der Waals surface area contributed by atoms with Gasteiger partial charge < -0.3 is 4.74 Å². The van der Waals surface area contributed by atoms with Gasteiger partial charge in [0.1, 0.15) is 4.88 Å². The number of rotatable bonds is 3. The molecule has 5 nitrogen and oxygen atoms in total. The van der Waals surface area contributed by atoms with Crippen molar-refractivity contribution in [1.82, 2.24) is 4.98 Å². The summed E-state index contributed by atoms with van der Waals surface area (Å²) < 4.78 is 4.87. The average Bonchev–Trinajstić information content (AvgIpc) is 2.95. The fraction of sp³-hybridized carbons (Fsp3) is 0.417. The van der Waals surface area contributed by atoms with E-state index in [1.165, 1.54) is 11.1 Å². The number of aromatic nitrogens is 1. The van der Waals surface area contributed by atoms with Crippen LogP contribution in [0.4, 0.5) is 5.13 Å². The first-order chi connectivity index (χ1) is 8.65. The minimum Gasteiger partial charge on any atom is -0.462 e. The minimum atomic E-state index is -0.415. The van der Waals surface area contributed by atoms with E-state index in [-0.39, 0.29) is 11.8 Å². The third kappa shape index (κ3) is 2.36. The first-order valence-electron chi connectivity index (χ1n) is 5.55. The molecular formula is C12H12N2O3S. The van der Waals surface area contributed by atoms with Crippen LogP contribution in [0.15, 0.2) is 6.20 Å². The quantitative estimate of drug-likeness (QED) is 0.610. The molecule has 2 heterocycles. The summed E-state index contributed by atoms with van der Waals surface area (Å²) in [6, 6.07) is 0. The highest BCUT2D eigenvalue weighted by Gasteiger charge is 2.31. The Bertz CT molecular complexity index is 518. The van der Waals surface area contributed by atoms with E-state index < -0.39 is 5.97 Å². The molecule has 0 bridgehead atoms. The van der Waals surface area contributed by atoms with Gasteiger partial charge >= 0.3 is 5.97 Å². The molecule has 2 rings (SSSR count). The van der Waals surface area contributed by atoms with Crippen molar-refractivity contribution in [3.05, 3.63) is 11.1 Å². The molecule has 1 atom stereocenters. The van der Waals surface area contributed by atoms with Crippen LogP contribution >= 0.6 is 11.3 Å². The van der Waals surface area contributed by atoms with Crippen LogP contribution < -0.4 is 4.90 Å². The van der Waals surface area contributed by atoms with Crippen molar-refractivity contribution in [1.29, 1.82) is 0 Å². The Hall–Kier alpha value is -1.87. The number of terminal acetylenes is 1. The summed E-state index contributed by atoms with van der Waals surface area (Å²) in [5.41, 5.74) is 0. The second kappa shape index (κ2) is 5.19.